The molecule has 1 saturated heterocycles. The molecule has 0 spiro atoms. The first kappa shape index (κ1) is 12.8. The zero-order valence-electron chi connectivity index (χ0n) is 9.65. The molecule has 92 valence electrons. The van der Waals surface area contributed by atoms with Gasteiger partial charge in [-0.1, -0.05) is 28.1 Å². The topological polar surface area (TPSA) is 38.5 Å². The van der Waals surface area contributed by atoms with Crippen LogP contribution in [0.5, 0.6) is 0 Å². The van der Waals surface area contributed by atoms with Crippen LogP contribution in [-0.2, 0) is 4.74 Å². The number of ether oxygens (including phenoxy) is 1. The fourth-order valence-corrected chi connectivity index (χ4v) is 2.55. The van der Waals surface area contributed by atoms with Crippen molar-refractivity contribution in [3.8, 4) is 0 Å². The number of anilines is 1. The van der Waals surface area contributed by atoms with Gasteiger partial charge in [-0.15, -0.1) is 0 Å². The highest BCUT2D eigenvalue weighted by Gasteiger charge is 2.22. The van der Waals surface area contributed by atoms with Gasteiger partial charge in [-0.05, 0) is 24.6 Å². The molecule has 5 heteroatoms. The Morgan fingerprint density at radius 2 is 2.35 bits per heavy atom. The summed E-state index contributed by atoms with van der Waals surface area (Å²) in [5, 5.41) is 0. The molecule has 0 aliphatic carbocycles. The Balaban J connectivity index is 2.34. The van der Waals surface area contributed by atoms with Crippen molar-refractivity contribution in [3.63, 3.8) is 0 Å². The van der Waals surface area contributed by atoms with Crippen molar-refractivity contribution in [2.75, 3.05) is 25.2 Å². The summed E-state index contributed by atoms with van der Waals surface area (Å²) in [6, 6.07) is 6.36. The molecular formula is C12H15BrN2OS. The molecule has 2 N–H and O–H groups in total. The number of rotatable bonds is 3. The number of nitrogens with zero attached hydrogens (tertiary/aromatic N) is 1. The van der Waals surface area contributed by atoms with Gasteiger partial charge in [-0.3, -0.25) is 0 Å². The minimum Gasteiger partial charge on any atom is -0.389 e. The van der Waals surface area contributed by atoms with E-state index in [2.05, 4.69) is 27.9 Å². The van der Waals surface area contributed by atoms with Crippen LogP contribution >= 0.6 is 28.1 Å². The lowest BCUT2D eigenvalue weighted by molar-refractivity contribution is 0.193. The van der Waals surface area contributed by atoms with E-state index in [1.165, 1.54) is 0 Å². The van der Waals surface area contributed by atoms with Gasteiger partial charge in [0.25, 0.3) is 0 Å². The lowest BCUT2D eigenvalue weighted by Gasteiger charge is -2.27. The van der Waals surface area contributed by atoms with Crippen LogP contribution in [0.2, 0.25) is 0 Å². The van der Waals surface area contributed by atoms with Gasteiger partial charge in [0.2, 0.25) is 0 Å². The Kier molecular flexibility index (Phi) is 4.01. The number of nitrogens with two attached hydrogens (primary N) is 1. The van der Waals surface area contributed by atoms with Crippen molar-refractivity contribution < 1.29 is 4.74 Å². The number of halogens is 1. The van der Waals surface area contributed by atoms with Gasteiger partial charge >= 0.3 is 0 Å². The summed E-state index contributed by atoms with van der Waals surface area (Å²) in [4.78, 5) is 2.63. The molecule has 0 saturated carbocycles. The summed E-state index contributed by atoms with van der Waals surface area (Å²) in [5.74, 6) is 0. The van der Waals surface area contributed by atoms with E-state index in [1.807, 2.05) is 18.2 Å². The average Bonchev–Trinajstić information content (AvgIpc) is 2.80. The highest BCUT2D eigenvalue weighted by Crippen LogP contribution is 2.27. The van der Waals surface area contributed by atoms with Crippen LogP contribution < -0.4 is 10.6 Å². The van der Waals surface area contributed by atoms with E-state index in [9.17, 15) is 0 Å². The third-order valence-electron chi connectivity index (χ3n) is 3.06. The fraction of sp³-hybridized carbons (Fsp3) is 0.417. The van der Waals surface area contributed by atoms with Gasteiger partial charge in [-0.25, -0.2) is 0 Å². The van der Waals surface area contributed by atoms with Crippen LogP contribution in [0.25, 0.3) is 0 Å². The first-order valence-electron chi connectivity index (χ1n) is 5.49. The quantitative estimate of drug-likeness (QED) is 0.869. The summed E-state index contributed by atoms with van der Waals surface area (Å²) in [7, 11) is 2.06. The van der Waals surface area contributed by atoms with Crippen LogP contribution in [-0.4, -0.2) is 31.3 Å². The van der Waals surface area contributed by atoms with Crippen molar-refractivity contribution in [2.45, 2.75) is 12.5 Å². The minimum atomic E-state index is 0.400. The Morgan fingerprint density at radius 1 is 1.59 bits per heavy atom. The normalized spacial score (nSPS) is 19.3. The number of hydrogen-bond acceptors (Lipinski definition) is 3. The van der Waals surface area contributed by atoms with E-state index in [-0.39, 0.29) is 0 Å². The Bertz CT molecular complexity index is 433. The lowest BCUT2D eigenvalue weighted by atomic mass is 10.1. The van der Waals surface area contributed by atoms with Gasteiger partial charge in [-0.2, -0.15) is 0 Å². The molecular weight excluding hydrogens is 300 g/mol. The van der Waals surface area contributed by atoms with E-state index in [4.69, 9.17) is 22.7 Å². The molecule has 1 aliphatic heterocycles. The fourth-order valence-electron chi connectivity index (χ4n) is 2.03. The highest BCUT2D eigenvalue weighted by atomic mass is 79.9. The zero-order valence-corrected chi connectivity index (χ0v) is 12.1. The molecule has 2 rings (SSSR count). The number of hydrogen-bond donors (Lipinski definition) is 1. The highest BCUT2D eigenvalue weighted by molar-refractivity contribution is 9.10. The summed E-state index contributed by atoms with van der Waals surface area (Å²) in [6.45, 7) is 1.59. The summed E-state index contributed by atoms with van der Waals surface area (Å²) in [5.41, 5.74) is 7.73. The molecule has 0 aromatic heterocycles. The predicted molar refractivity (Wildman–Crippen MR) is 77.7 cm³/mol. The number of thiocarbonyl (C=S) groups is 1. The van der Waals surface area contributed by atoms with Crippen LogP contribution in [0, 0.1) is 0 Å². The first-order valence-corrected chi connectivity index (χ1v) is 6.69. The molecule has 0 radical (unpaired) electrons. The Morgan fingerprint density at radius 3 is 2.94 bits per heavy atom. The smallest absolute Gasteiger partial charge is 0.106 e. The SMILES string of the molecule is CN(c1cc(Br)ccc1C(N)=S)C1CCOC1. The van der Waals surface area contributed by atoms with Crippen molar-refractivity contribution in [1.29, 1.82) is 0 Å². The average molecular weight is 315 g/mol. The summed E-state index contributed by atoms with van der Waals surface area (Å²) >= 11 is 8.57. The second-order valence-corrected chi connectivity index (χ2v) is 5.51. The van der Waals surface area contributed by atoms with Crippen LogP contribution in [0.4, 0.5) is 5.69 Å². The molecule has 1 aliphatic rings. The van der Waals surface area contributed by atoms with Gasteiger partial charge in [0.15, 0.2) is 0 Å². The standard InChI is InChI=1S/C12H15BrN2OS/c1-15(9-4-5-16-7-9)11-6-8(13)2-3-10(11)12(14)17/h2-3,6,9H,4-5,7H2,1H3,(H2,14,17). The van der Waals surface area contributed by atoms with Gasteiger partial charge in [0, 0.05) is 29.4 Å². The summed E-state index contributed by atoms with van der Waals surface area (Å²) in [6.07, 6.45) is 1.04. The first-order chi connectivity index (χ1) is 8.09. The molecule has 1 aromatic rings. The molecule has 1 aromatic carbocycles. The second kappa shape index (κ2) is 5.33. The monoisotopic (exact) mass is 314 g/mol. The molecule has 17 heavy (non-hydrogen) atoms. The van der Waals surface area contributed by atoms with Crippen molar-refractivity contribution in [3.05, 3.63) is 28.2 Å². The molecule has 1 atom stereocenters. The second-order valence-electron chi connectivity index (χ2n) is 4.15. The Hall–Kier alpha value is -0.650. The minimum absolute atomic E-state index is 0.400. The molecule has 1 heterocycles. The Labute approximate surface area is 115 Å². The van der Waals surface area contributed by atoms with Crippen molar-refractivity contribution in [2.24, 2.45) is 5.73 Å². The van der Waals surface area contributed by atoms with Gasteiger partial charge < -0.3 is 15.4 Å². The van der Waals surface area contributed by atoms with Crippen LogP contribution in [0.3, 0.4) is 0 Å². The molecule has 0 bridgehead atoms. The summed E-state index contributed by atoms with van der Waals surface area (Å²) < 4.78 is 6.44. The van der Waals surface area contributed by atoms with Crippen molar-refractivity contribution >= 4 is 38.8 Å². The molecule has 1 fully saturated rings. The molecule has 1 unspecified atom stereocenters. The van der Waals surface area contributed by atoms with Gasteiger partial charge in [0.05, 0.1) is 12.6 Å². The van der Waals surface area contributed by atoms with Crippen LogP contribution in [0.15, 0.2) is 22.7 Å². The van der Waals surface area contributed by atoms with Crippen LogP contribution in [0.1, 0.15) is 12.0 Å². The third-order valence-corrected chi connectivity index (χ3v) is 3.77. The van der Waals surface area contributed by atoms with E-state index in [1.54, 1.807) is 0 Å². The van der Waals surface area contributed by atoms with E-state index < -0.39 is 0 Å². The maximum absolute atomic E-state index is 5.76. The third kappa shape index (κ3) is 2.78. The molecule has 0 amide bonds. The lowest BCUT2D eigenvalue weighted by Crippen LogP contribution is -2.33. The van der Waals surface area contributed by atoms with E-state index in [0.717, 1.165) is 35.4 Å². The predicted octanol–water partition coefficient (Wildman–Crippen LogP) is 2.31. The number of likely N-dealkylation sites (N-methyl/N-ethyl adjacent to an activating group) is 1. The largest absolute Gasteiger partial charge is 0.389 e. The van der Waals surface area contributed by atoms with E-state index >= 15 is 0 Å². The maximum atomic E-state index is 5.76. The number of benzene rings is 1. The van der Waals surface area contributed by atoms with E-state index in [0.29, 0.717) is 11.0 Å². The maximum Gasteiger partial charge on any atom is 0.106 e. The molecule has 3 nitrogen and oxygen atoms in total. The zero-order chi connectivity index (χ0) is 12.4. The van der Waals surface area contributed by atoms with Gasteiger partial charge in [0.1, 0.15) is 4.99 Å². The van der Waals surface area contributed by atoms with Crippen molar-refractivity contribution in [1.82, 2.24) is 0 Å².